The van der Waals surface area contributed by atoms with Crippen LogP contribution in [0.4, 0.5) is 10.1 Å². The molecule has 0 radical (unpaired) electrons. The average molecular weight is 538 g/mol. The number of benzene rings is 3. The van der Waals surface area contributed by atoms with Crippen LogP contribution in [0.2, 0.25) is 0 Å². The van der Waals surface area contributed by atoms with Gasteiger partial charge in [0.1, 0.15) is 11.9 Å². The molecule has 3 rings (SSSR count). The number of rotatable bonds is 13. The van der Waals surface area contributed by atoms with Crippen LogP contribution in [0.25, 0.3) is 0 Å². The van der Waals surface area contributed by atoms with Gasteiger partial charge >= 0.3 is 0 Å². The van der Waals surface area contributed by atoms with Gasteiger partial charge in [0.15, 0.2) is 0 Å². The van der Waals surface area contributed by atoms with Crippen molar-refractivity contribution in [2.75, 3.05) is 5.75 Å². The molecule has 1 N–H and O–H groups in total. The standard InChI is InChI=1S/C29H32FN3O4S/c1-3-21(2)31-29(35)27(17-22-9-5-4-6-10-22)32(18-24-11-7-8-12-26(24)30)28(34)20-38-19-23-13-15-25(16-14-23)33(36)37/h4-16,21,27H,3,17-20H2,1-2H3,(H,31,35)/t21-,27-/m1/s1. The highest BCUT2D eigenvalue weighted by atomic mass is 32.2. The molecule has 0 fully saturated rings. The van der Waals surface area contributed by atoms with Crippen LogP contribution in [-0.4, -0.2) is 39.5 Å². The maximum atomic E-state index is 14.6. The molecule has 0 spiro atoms. The van der Waals surface area contributed by atoms with E-state index in [0.717, 1.165) is 17.5 Å². The second-order valence-corrected chi connectivity index (χ2v) is 10.0. The van der Waals surface area contributed by atoms with Crippen LogP contribution in [-0.2, 0) is 28.3 Å². The van der Waals surface area contributed by atoms with Gasteiger partial charge in [-0.3, -0.25) is 19.7 Å². The van der Waals surface area contributed by atoms with Crippen molar-refractivity contribution in [3.8, 4) is 0 Å². The molecule has 38 heavy (non-hydrogen) atoms. The number of carbonyl (C=O) groups excluding carboxylic acids is 2. The Morgan fingerprint density at radius 2 is 1.66 bits per heavy atom. The Balaban J connectivity index is 1.84. The second kappa shape index (κ2) is 14.3. The zero-order chi connectivity index (χ0) is 27.5. The number of nitrogens with one attached hydrogen (secondary N) is 1. The first kappa shape index (κ1) is 28.8. The lowest BCUT2D eigenvalue weighted by atomic mass is 10.0. The molecule has 0 saturated carbocycles. The van der Waals surface area contributed by atoms with Gasteiger partial charge in [-0.1, -0.05) is 67.6 Å². The Hall–Kier alpha value is -3.72. The number of nitro groups is 1. The largest absolute Gasteiger partial charge is 0.352 e. The van der Waals surface area contributed by atoms with Crippen LogP contribution in [0.1, 0.15) is 37.0 Å². The molecule has 0 aliphatic carbocycles. The van der Waals surface area contributed by atoms with Crippen molar-refractivity contribution in [3.63, 3.8) is 0 Å². The molecule has 9 heteroatoms. The minimum absolute atomic E-state index is 0.00182. The summed E-state index contributed by atoms with van der Waals surface area (Å²) in [7, 11) is 0. The van der Waals surface area contributed by atoms with Crippen molar-refractivity contribution in [3.05, 3.63) is 111 Å². The van der Waals surface area contributed by atoms with Crippen LogP contribution in [0.5, 0.6) is 0 Å². The van der Waals surface area contributed by atoms with E-state index in [1.54, 1.807) is 30.3 Å². The number of hydrogen-bond donors (Lipinski definition) is 1. The molecule has 2 amide bonds. The van der Waals surface area contributed by atoms with Gasteiger partial charge in [-0.15, -0.1) is 11.8 Å². The minimum Gasteiger partial charge on any atom is -0.352 e. The first-order valence-electron chi connectivity index (χ1n) is 12.5. The van der Waals surface area contributed by atoms with E-state index in [1.165, 1.54) is 34.9 Å². The molecule has 200 valence electrons. The first-order chi connectivity index (χ1) is 18.3. The third-order valence-corrected chi connectivity index (χ3v) is 7.20. The number of nitrogens with zero attached hydrogens (tertiary/aromatic N) is 2. The van der Waals surface area contributed by atoms with Gasteiger partial charge in [0, 0.05) is 42.5 Å². The quantitative estimate of drug-likeness (QED) is 0.229. The molecule has 2 atom stereocenters. The van der Waals surface area contributed by atoms with Gasteiger partial charge in [-0.2, -0.15) is 0 Å². The predicted molar refractivity (Wildman–Crippen MR) is 148 cm³/mol. The number of amides is 2. The van der Waals surface area contributed by atoms with E-state index in [1.807, 2.05) is 44.2 Å². The van der Waals surface area contributed by atoms with Crippen LogP contribution < -0.4 is 5.32 Å². The van der Waals surface area contributed by atoms with Crippen LogP contribution >= 0.6 is 11.8 Å². The summed E-state index contributed by atoms with van der Waals surface area (Å²) in [6, 6.07) is 20.9. The summed E-state index contributed by atoms with van der Waals surface area (Å²) in [4.78, 5) is 39.0. The van der Waals surface area contributed by atoms with Crippen molar-refractivity contribution < 1.29 is 18.9 Å². The minimum atomic E-state index is -0.835. The highest BCUT2D eigenvalue weighted by Gasteiger charge is 2.31. The molecule has 0 unspecified atom stereocenters. The zero-order valence-electron chi connectivity index (χ0n) is 21.5. The van der Waals surface area contributed by atoms with Gasteiger partial charge in [-0.25, -0.2) is 4.39 Å². The van der Waals surface area contributed by atoms with Gasteiger partial charge in [-0.05, 0) is 30.5 Å². The van der Waals surface area contributed by atoms with Gasteiger partial charge in [0.2, 0.25) is 11.8 Å². The molecule has 0 saturated heterocycles. The normalized spacial score (nSPS) is 12.4. The summed E-state index contributed by atoms with van der Waals surface area (Å²) in [6.07, 6.45) is 1.02. The Morgan fingerprint density at radius 1 is 1.00 bits per heavy atom. The average Bonchev–Trinajstić information content (AvgIpc) is 2.92. The highest BCUT2D eigenvalue weighted by molar-refractivity contribution is 7.99. The maximum absolute atomic E-state index is 14.6. The van der Waals surface area contributed by atoms with E-state index in [2.05, 4.69) is 5.32 Å². The number of nitro benzene ring substituents is 1. The molecule has 0 heterocycles. The molecule has 0 aliphatic heterocycles. The lowest BCUT2D eigenvalue weighted by molar-refractivity contribution is -0.384. The third kappa shape index (κ3) is 8.41. The van der Waals surface area contributed by atoms with E-state index in [-0.39, 0.29) is 42.3 Å². The lowest BCUT2D eigenvalue weighted by Crippen LogP contribution is -2.52. The van der Waals surface area contributed by atoms with E-state index in [4.69, 9.17) is 0 Å². The topological polar surface area (TPSA) is 92.6 Å². The van der Waals surface area contributed by atoms with Crippen molar-refractivity contribution in [2.24, 2.45) is 0 Å². The molecule has 0 aliphatic rings. The molecule has 0 aromatic heterocycles. The lowest BCUT2D eigenvalue weighted by Gasteiger charge is -2.32. The van der Waals surface area contributed by atoms with Gasteiger partial charge < -0.3 is 10.2 Å². The number of non-ortho nitro benzene ring substituents is 1. The highest BCUT2D eigenvalue weighted by Crippen LogP contribution is 2.21. The fraction of sp³-hybridized carbons (Fsp3) is 0.310. The first-order valence-corrected chi connectivity index (χ1v) is 13.6. The smallest absolute Gasteiger partial charge is 0.269 e. The molecular weight excluding hydrogens is 505 g/mol. The Morgan fingerprint density at radius 3 is 2.29 bits per heavy atom. The Labute approximate surface area is 226 Å². The number of thioether (sulfide) groups is 1. The van der Waals surface area contributed by atoms with E-state index in [9.17, 15) is 24.1 Å². The summed E-state index contributed by atoms with van der Waals surface area (Å²) >= 11 is 1.34. The molecule has 0 bridgehead atoms. The van der Waals surface area contributed by atoms with Crippen molar-refractivity contribution in [1.29, 1.82) is 0 Å². The number of carbonyl (C=O) groups is 2. The molecule has 3 aromatic carbocycles. The van der Waals surface area contributed by atoms with Gasteiger partial charge in [0.05, 0.1) is 10.7 Å². The monoisotopic (exact) mass is 537 g/mol. The van der Waals surface area contributed by atoms with Crippen LogP contribution in [0.3, 0.4) is 0 Å². The van der Waals surface area contributed by atoms with Crippen LogP contribution in [0.15, 0.2) is 78.9 Å². The van der Waals surface area contributed by atoms with Crippen molar-refractivity contribution in [2.45, 2.75) is 51.1 Å². The van der Waals surface area contributed by atoms with Crippen molar-refractivity contribution in [1.82, 2.24) is 10.2 Å². The van der Waals surface area contributed by atoms with E-state index < -0.39 is 16.8 Å². The SMILES string of the molecule is CC[C@@H](C)NC(=O)[C@@H](Cc1ccccc1)N(Cc1ccccc1F)C(=O)CSCc1ccc([N+](=O)[O-])cc1. The Bertz CT molecular complexity index is 1220. The molecule has 3 aromatic rings. The summed E-state index contributed by atoms with van der Waals surface area (Å²) in [6.45, 7) is 3.82. The number of hydrogen-bond acceptors (Lipinski definition) is 5. The zero-order valence-corrected chi connectivity index (χ0v) is 22.3. The van der Waals surface area contributed by atoms with Crippen molar-refractivity contribution >= 4 is 29.3 Å². The van der Waals surface area contributed by atoms with Gasteiger partial charge in [0.25, 0.3) is 5.69 Å². The summed E-state index contributed by atoms with van der Waals surface area (Å²) < 4.78 is 14.6. The fourth-order valence-electron chi connectivity index (χ4n) is 3.86. The third-order valence-electron chi connectivity index (χ3n) is 6.21. The fourth-order valence-corrected chi connectivity index (χ4v) is 4.73. The van der Waals surface area contributed by atoms with E-state index in [0.29, 0.717) is 11.3 Å². The Kier molecular flexibility index (Phi) is 10.8. The number of halogens is 1. The predicted octanol–water partition coefficient (Wildman–Crippen LogP) is 5.52. The molecular formula is C29H32FN3O4S. The van der Waals surface area contributed by atoms with E-state index >= 15 is 0 Å². The maximum Gasteiger partial charge on any atom is 0.269 e. The second-order valence-electron chi connectivity index (χ2n) is 9.05. The van der Waals surface area contributed by atoms with Crippen LogP contribution in [0, 0.1) is 15.9 Å². The summed E-state index contributed by atoms with van der Waals surface area (Å²) in [5, 5.41) is 13.9. The molecule has 7 nitrogen and oxygen atoms in total. The summed E-state index contributed by atoms with van der Waals surface area (Å²) in [5.74, 6) is -0.495. The summed E-state index contributed by atoms with van der Waals surface area (Å²) in [5.41, 5.74) is 2.06.